The normalized spacial score (nSPS) is 31.2. The van der Waals surface area contributed by atoms with Gasteiger partial charge in [0.25, 0.3) is 5.92 Å². The zero-order chi connectivity index (χ0) is 13.5. The average Bonchev–Trinajstić information content (AvgIpc) is 3.13. The summed E-state index contributed by atoms with van der Waals surface area (Å²) in [7, 11) is 0. The van der Waals surface area contributed by atoms with Crippen LogP contribution in [0.1, 0.15) is 38.5 Å². The number of hydrogen-bond acceptors (Lipinski definition) is 2. The minimum absolute atomic E-state index is 0.00715. The molecule has 3 aliphatic rings. The number of amides is 1. The van der Waals surface area contributed by atoms with E-state index in [-0.39, 0.29) is 24.2 Å². The minimum Gasteiger partial charge on any atom is -0.355 e. The first-order valence-electron chi connectivity index (χ1n) is 7.36. The molecule has 0 bridgehead atoms. The Morgan fingerprint density at radius 3 is 2.42 bits per heavy atom. The summed E-state index contributed by atoms with van der Waals surface area (Å²) in [5.41, 5.74) is 0.242. The summed E-state index contributed by atoms with van der Waals surface area (Å²) < 4.78 is 25.5. The Labute approximate surface area is 112 Å². The molecule has 0 aromatic rings. The SMILES string of the molecule is O=C(C[C@H]1CC1(F)F)NCC1(CN2CCCC2)CC1. The summed E-state index contributed by atoms with van der Waals surface area (Å²) in [5, 5.41) is 2.87. The zero-order valence-corrected chi connectivity index (χ0v) is 11.3. The van der Waals surface area contributed by atoms with Gasteiger partial charge < -0.3 is 10.2 Å². The van der Waals surface area contributed by atoms with Gasteiger partial charge in [0, 0.05) is 37.3 Å². The number of nitrogens with one attached hydrogen (secondary N) is 1. The fourth-order valence-electron chi connectivity index (χ4n) is 3.06. The van der Waals surface area contributed by atoms with Crippen LogP contribution in [0.3, 0.4) is 0 Å². The largest absolute Gasteiger partial charge is 0.355 e. The number of hydrogen-bond donors (Lipinski definition) is 1. The van der Waals surface area contributed by atoms with Crippen LogP contribution >= 0.6 is 0 Å². The lowest BCUT2D eigenvalue weighted by Crippen LogP contribution is -2.37. The standard InChI is InChI=1S/C14H22F2N2O/c15-14(16)8-11(14)7-12(19)17-9-13(3-4-13)10-18-5-1-2-6-18/h11H,1-10H2,(H,17,19)/t11-/m0/s1. The van der Waals surface area contributed by atoms with E-state index in [1.807, 2.05) is 0 Å². The molecule has 3 nitrogen and oxygen atoms in total. The summed E-state index contributed by atoms with van der Waals surface area (Å²) in [4.78, 5) is 14.1. The fraction of sp³-hybridized carbons (Fsp3) is 0.929. The van der Waals surface area contributed by atoms with Gasteiger partial charge in [-0.1, -0.05) is 0 Å². The summed E-state index contributed by atoms with van der Waals surface area (Å²) in [6.07, 6.45) is 4.75. The molecule has 3 rings (SSSR count). The van der Waals surface area contributed by atoms with Gasteiger partial charge >= 0.3 is 0 Å². The van der Waals surface area contributed by atoms with E-state index in [4.69, 9.17) is 0 Å². The Morgan fingerprint density at radius 2 is 1.89 bits per heavy atom. The molecular formula is C14H22F2N2O. The monoisotopic (exact) mass is 272 g/mol. The van der Waals surface area contributed by atoms with Crippen molar-refractivity contribution >= 4 is 5.91 Å². The lowest BCUT2D eigenvalue weighted by Gasteiger charge is -2.23. The van der Waals surface area contributed by atoms with Crippen molar-refractivity contribution in [1.82, 2.24) is 10.2 Å². The van der Waals surface area contributed by atoms with Gasteiger partial charge in [-0.3, -0.25) is 4.79 Å². The quantitative estimate of drug-likeness (QED) is 0.802. The Balaban J connectivity index is 1.38. The molecule has 5 heteroatoms. The minimum atomic E-state index is -2.58. The van der Waals surface area contributed by atoms with E-state index in [0.29, 0.717) is 6.54 Å². The highest BCUT2D eigenvalue weighted by Gasteiger charge is 2.57. The summed E-state index contributed by atoms with van der Waals surface area (Å²) >= 11 is 0. The molecule has 1 amide bonds. The molecule has 1 saturated heterocycles. The third-order valence-corrected chi connectivity index (χ3v) is 4.76. The number of nitrogens with zero attached hydrogens (tertiary/aromatic N) is 1. The van der Waals surface area contributed by atoms with Crippen molar-refractivity contribution in [3.8, 4) is 0 Å². The third-order valence-electron chi connectivity index (χ3n) is 4.76. The molecule has 0 aromatic carbocycles. The van der Waals surface area contributed by atoms with Gasteiger partial charge in [0.1, 0.15) is 0 Å². The van der Waals surface area contributed by atoms with Crippen molar-refractivity contribution in [3.63, 3.8) is 0 Å². The van der Waals surface area contributed by atoms with Gasteiger partial charge in [-0.05, 0) is 38.8 Å². The fourth-order valence-corrected chi connectivity index (χ4v) is 3.06. The summed E-state index contributed by atoms with van der Waals surface area (Å²) in [5.74, 6) is -3.49. The molecule has 0 spiro atoms. The van der Waals surface area contributed by atoms with E-state index in [1.54, 1.807) is 0 Å². The van der Waals surface area contributed by atoms with Crippen LogP contribution in [0, 0.1) is 11.3 Å². The van der Waals surface area contributed by atoms with Crippen LogP contribution in [-0.4, -0.2) is 42.9 Å². The van der Waals surface area contributed by atoms with E-state index < -0.39 is 11.8 Å². The van der Waals surface area contributed by atoms with Crippen molar-refractivity contribution in [2.24, 2.45) is 11.3 Å². The maximum absolute atomic E-state index is 12.7. The molecule has 1 aliphatic heterocycles. The second kappa shape index (κ2) is 4.69. The molecule has 0 aromatic heterocycles. The lowest BCUT2D eigenvalue weighted by molar-refractivity contribution is -0.122. The van der Waals surface area contributed by atoms with Crippen molar-refractivity contribution < 1.29 is 13.6 Å². The Kier molecular flexibility index (Phi) is 3.28. The summed E-state index contributed by atoms with van der Waals surface area (Å²) in [6, 6.07) is 0. The first kappa shape index (κ1) is 13.3. The lowest BCUT2D eigenvalue weighted by atomic mass is 10.1. The van der Waals surface area contributed by atoms with Crippen molar-refractivity contribution in [1.29, 1.82) is 0 Å². The molecule has 2 aliphatic carbocycles. The smallest absolute Gasteiger partial charge is 0.252 e. The molecule has 1 N–H and O–H groups in total. The van der Waals surface area contributed by atoms with Crippen LogP contribution in [0.25, 0.3) is 0 Å². The van der Waals surface area contributed by atoms with Crippen LogP contribution < -0.4 is 5.32 Å². The highest BCUT2D eigenvalue weighted by molar-refractivity contribution is 5.76. The number of rotatable bonds is 6. The van der Waals surface area contributed by atoms with Crippen molar-refractivity contribution in [2.75, 3.05) is 26.2 Å². The highest BCUT2D eigenvalue weighted by Crippen LogP contribution is 2.50. The van der Waals surface area contributed by atoms with E-state index in [1.165, 1.54) is 25.9 Å². The summed E-state index contributed by atoms with van der Waals surface area (Å²) in [6.45, 7) is 4.07. The molecule has 1 atom stereocenters. The van der Waals surface area contributed by atoms with E-state index in [2.05, 4.69) is 10.2 Å². The number of carbonyl (C=O) groups is 1. The number of carbonyl (C=O) groups excluding carboxylic acids is 1. The number of halogens is 2. The van der Waals surface area contributed by atoms with E-state index >= 15 is 0 Å². The van der Waals surface area contributed by atoms with Crippen molar-refractivity contribution in [2.45, 2.75) is 44.4 Å². The third kappa shape index (κ3) is 3.25. The first-order valence-corrected chi connectivity index (χ1v) is 7.36. The molecule has 0 radical (unpaired) electrons. The molecule has 19 heavy (non-hydrogen) atoms. The first-order chi connectivity index (χ1) is 8.99. The Morgan fingerprint density at radius 1 is 1.26 bits per heavy atom. The maximum atomic E-state index is 12.7. The van der Waals surface area contributed by atoms with Crippen LogP contribution in [0.2, 0.25) is 0 Å². The van der Waals surface area contributed by atoms with Crippen LogP contribution in [0.5, 0.6) is 0 Å². The predicted octanol–water partition coefficient (Wildman–Crippen LogP) is 2.02. The van der Waals surface area contributed by atoms with Gasteiger partial charge in [-0.15, -0.1) is 0 Å². The maximum Gasteiger partial charge on any atom is 0.252 e. The molecule has 2 saturated carbocycles. The number of likely N-dealkylation sites (tertiary alicyclic amines) is 1. The molecule has 108 valence electrons. The highest BCUT2D eigenvalue weighted by atomic mass is 19.3. The second-order valence-corrected chi connectivity index (χ2v) is 6.63. The average molecular weight is 272 g/mol. The van der Waals surface area contributed by atoms with Crippen LogP contribution in [0.4, 0.5) is 8.78 Å². The molecule has 1 heterocycles. The zero-order valence-electron chi connectivity index (χ0n) is 11.3. The van der Waals surface area contributed by atoms with Crippen LogP contribution in [0.15, 0.2) is 0 Å². The number of alkyl halides is 2. The van der Waals surface area contributed by atoms with E-state index in [9.17, 15) is 13.6 Å². The van der Waals surface area contributed by atoms with Gasteiger partial charge in [0.05, 0.1) is 0 Å². The van der Waals surface area contributed by atoms with Crippen molar-refractivity contribution in [3.05, 3.63) is 0 Å². The second-order valence-electron chi connectivity index (χ2n) is 6.63. The molecule has 3 fully saturated rings. The topological polar surface area (TPSA) is 32.3 Å². The van der Waals surface area contributed by atoms with Gasteiger partial charge in [-0.2, -0.15) is 0 Å². The van der Waals surface area contributed by atoms with Gasteiger partial charge in [0.15, 0.2) is 0 Å². The van der Waals surface area contributed by atoms with Crippen LogP contribution in [-0.2, 0) is 4.79 Å². The van der Waals surface area contributed by atoms with E-state index in [0.717, 1.165) is 19.4 Å². The predicted molar refractivity (Wildman–Crippen MR) is 68.0 cm³/mol. The van der Waals surface area contributed by atoms with Gasteiger partial charge in [0.2, 0.25) is 5.91 Å². The molecular weight excluding hydrogens is 250 g/mol. The Hall–Kier alpha value is -0.710. The molecule has 0 unspecified atom stereocenters. The van der Waals surface area contributed by atoms with Gasteiger partial charge in [-0.25, -0.2) is 8.78 Å². The Bertz CT molecular complexity index is 362.